The van der Waals surface area contributed by atoms with Gasteiger partial charge in [-0.25, -0.2) is 0 Å². The summed E-state index contributed by atoms with van der Waals surface area (Å²) in [5.74, 6) is -0.316. The number of nitrogens with one attached hydrogen (secondary N) is 1. The van der Waals surface area contributed by atoms with Gasteiger partial charge in [-0.15, -0.1) is 0 Å². The van der Waals surface area contributed by atoms with Crippen LogP contribution < -0.4 is 11.1 Å². The second kappa shape index (κ2) is 5.38. The van der Waals surface area contributed by atoms with E-state index in [1.165, 1.54) is 12.4 Å². The smallest absolute Gasteiger partial charge is 0.257 e. The third kappa shape index (κ3) is 2.51. The van der Waals surface area contributed by atoms with Crippen molar-refractivity contribution < 1.29 is 4.79 Å². The van der Waals surface area contributed by atoms with Gasteiger partial charge in [0.2, 0.25) is 0 Å². The number of anilines is 2. The SMILES string of the molecule is Nc1cnccc1C(=O)Nc1ccc(Cl)c2cccnc12. The molecule has 6 heteroatoms. The molecule has 0 saturated heterocycles. The number of nitrogens with two attached hydrogens (primary N) is 1. The summed E-state index contributed by atoms with van der Waals surface area (Å²) in [5.41, 5.74) is 7.65. The molecule has 2 aromatic heterocycles. The number of nitrogen functional groups attached to an aromatic ring is 1. The summed E-state index contributed by atoms with van der Waals surface area (Å²) >= 11 is 6.13. The van der Waals surface area contributed by atoms with Crippen molar-refractivity contribution in [3.8, 4) is 0 Å². The van der Waals surface area contributed by atoms with Gasteiger partial charge >= 0.3 is 0 Å². The monoisotopic (exact) mass is 298 g/mol. The summed E-state index contributed by atoms with van der Waals surface area (Å²) in [6, 6.07) is 8.64. The topological polar surface area (TPSA) is 80.9 Å². The Morgan fingerprint density at radius 1 is 1.19 bits per heavy atom. The molecule has 3 aromatic rings. The Morgan fingerprint density at radius 2 is 2.05 bits per heavy atom. The van der Waals surface area contributed by atoms with E-state index in [0.29, 0.717) is 27.5 Å². The van der Waals surface area contributed by atoms with Crippen LogP contribution in [0.1, 0.15) is 10.4 Å². The zero-order valence-electron chi connectivity index (χ0n) is 10.9. The van der Waals surface area contributed by atoms with Crippen LogP contribution in [0, 0.1) is 0 Å². The van der Waals surface area contributed by atoms with Gasteiger partial charge in [0.1, 0.15) is 0 Å². The Labute approximate surface area is 125 Å². The highest BCUT2D eigenvalue weighted by Gasteiger charge is 2.12. The number of benzene rings is 1. The molecule has 1 aromatic carbocycles. The van der Waals surface area contributed by atoms with Crippen LogP contribution in [0.15, 0.2) is 48.9 Å². The maximum atomic E-state index is 12.3. The average Bonchev–Trinajstić information content (AvgIpc) is 2.51. The highest BCUT2D eigenvalue weighted by Crippen LogP contribution is 2.28. The first kappa shape index (κ1) is 13.3. The van der Waals surface area contributed by atoms with E-state index in [0.717, 1.165) is 5.39 Å². The molecule has 21 heavy (non-hydrogen) atoms. The zero-order valence-corrected chi connectivity index (χ0v) is 11.6. The number of aromatic nitrogens is 2. The second-order valence-corrected chi connectivity index (χ2v) is 4.82. The van der Waals surface area contributed by atoms with E-state index in [4.69, 9.17) is 17.3 Å². The minimum Gasteiger partial charge on any atom is -0.397 e. The molecule has 2 heterocycles. The molecule has 1 amide bonds. The van der Waals surface area contributed by atoms with Gasteiger partial charge in [-0.05, 0) is 30.3 Å². The summed E-state index contributed by atoms with van der Waals surface area (Å²) < 4.78 is 0. The number of rotatable bonds is 2. The first-order valence-electron chi connectivity index (χ1n) is 6.21. The fourth-order valence-corrected chi connectivity index (χ4v) is 2.26. The Morgan fingerprint density at radius 3 is 2.86 bits per heavy atom. The van der Waals surface area contributed by atoms with E-state index in [1.807, 2.05) is 6.07 Å². The Bertz CT molecular complexity index is 835. The van der Waals surface area contributed by atoms with Crippen LogP contribution in [0.5, 0.6) is 0 Å². The molecule has 3 N–H and O–H groups in total. The number of pyridine rings is 2. The highest BCUT2D eigenvalue weighted by atomic mass is 35.5. The van der Waals surface area contributed by atoms with E-state index in [-0.39, 0.29) is 5.91 Å². The van der Waals surface area contributed by atoms with Gasteiger partial charge in [0.05, 0.1) is 33.7 Å². The lowest BCUT2D eigenvalue weighted by molar-refractivity contribution is 0.102. The van der Waals surface area contributed by atoms with Crippen LogP contribution >= 0.6 is 11.6 Å². The molecular formula is C15H11ClN4O. The van der Waals surface area contributed by atoms with Gasteiger partial charge < -0.3 is 11.1 Å². The minimum absolute atomic E-state index is 0.316. The van der Waals surface area contributed by atoms with Crippen molar-refractivity contribution in [3.05, 3.63) is 59.5 Å². The van der Waals surface area contributed by atoms with Crippen molar-refractivity contribution in [1.29, 1.82) is 0 Å². The highest BCUT2D eigenvalue weighted by molar-refractivity contribution is 6.36. The van der Waals surface area contributed by atoms with Crippen LogP contribution in [0.2, 0.25) is 5.02 Å². The van der Waals surface area contributed by atoms with Crippen molar-refractivity contribution in [3.63, 3.8) is 0 Å². The number of fused-ring (bicyclic) bond motifs is 1. The lowest BCUT2D eigenvalue weighted by Gasteiger charge is -2.10. The summed E-state index contributed by atoms with van der Waals surface area (Å²) in [7, 11) is 0. The van der Waals surface area contributed by atoms with Gasteiger partial charge in [-0.3, -0.25) is 14.8 Å². The van der Waals surface area contributed by atoms with Crippen molar-refractivity contribution >= 4 is 39.8 Å². The first-order chi connectivity index (χ1) is 10.2. The third-order valence-corrected chi connectivity index (χ3v) is 3.39. The lowest BCUT2D eigenvalue weighted by atomic mass is 10.1. The summed E-state index contributed by atoms with van der Waals surface area (Å²) in [6.07, 6.45) is 4.60. The van der Waals surface area contributed by atoms with Crippen LogP contribution in [0.4, 0.5) is 11.4 Å². The molecule has 5 nitrogen and oxygen atoms in total. The molecule has 0 radical (unpaired) electrons. The quantitative estimate of drug-likeness (QED) is 0.761. The van der Waals surface area contributed by atoms with Crippen molar-refractivity contribution in [2.75, 3.05) is 11.1 Å². The molecular weight excluding hydrogens is 288 g/mol. The van der Waals surface area contributed by atoms with Crippen molar-refractivity contribution in [2.45, 2.75) is 0 Å². The van der Waals surface area contributed by atoms with Crippen LogP contribution in [0.3, 0.4) is 0 Å². The molecule has 0 atom stereocenters. The van der Waals surface area contributed by atoms with Crippen molar-refractivity contribution in [1.82, 2.24) is 9.97 Å². The van der Waals surface area contributed by atoms with Gasteiger partial charge in [-0.2, -0.15) is 0 Å². The van der Waals surface area contributed by atoms with E-state index < -0.39 is 0 Å². The van der Waals surface area contributed by atoms with E-state index in [1.54, 1.807) is 30.5 Å². The normalized spacial score (nSPS) is 10.5. The van der Waals surface area contributed by atoms with Crippen LogP contribution in [-0.4, -0.2) is 15.9 Å². The molecule has 0 spiro atoms. The van der Waals surface area contributed by atoms with E-state index in [9.17, 15) is 4.79 Å². The van der Waals surface area contributed by atoms with Crippen LogP contribution in [-0.2, 0) is 0 Å². The number of halogens is 1. The van der Waals surface area contributed by atoms with Gasteiger partial charge in [0.15, 0.2) is 0 Å². The number of carbonyl (C=O) groups is 1. The molecule has 104 valence electrons. The van der Waals surface area contributed by atoms with E-state index >= 15 is 0 Å². The predicted octanol–water partition coefficient (Wildman–Crippen LogP) is 3.12. The Hall–Kier alpha value is -2.66. The summed E-state index contributed by atoms with van der Waals surface area (Å²) in [5, 5.41) is 4.16. The van der Waals surface area contributed by atoms with E-state index in [2.05, 4.69) is 15.3 Å². The molecule has 0 aliphatic heterocycles. The van der Waals surface area contributed by atoms with Gasteiger partial charge in [0, 0.05) is 17.8 Å². The molecule has 0 aliphatic carbocycles. The summed E-state index contributed by atoms with van der Waals surface area (Å²) in [6.45, 7) is 0. The fourth-order valence-electron chi connectivity index (χ4n) is 2.04. The Balaban J connectivity index is 2.01. The number of carbonyl (C=O) groups excluding carboxylic acids is 1. The largest absolute Gasteiger partial charge is 0.397 e. The van der Waals surface area contributed by atoms with Crippen LogP contribution in [0.25, 0.3) is 10.9 Å². The maximum Gasteiger partial charge on any atom is 0.257 e. The fraction of sp³-hybridized carbons (Fsp3) is 0. The van der Waals surface area contributed by atoms with Gasteiger partial charge in [-0.1, -0.05) is 11.6 Å². The maximum absolute atomic E-state index is 12.3. The number of amides is 1. The lowest BCUT2D eigenvalue weighted by Crippen LogP contribution is -2.14. The zero-order chi connectivity index (χ0) is 14.8. The molecule has 0 saturated carbocycles. The number of hydrogen-bond donors (Lipinski definition) is 2. The summed E-state index contributed by atoms with van der Waals surface area (Å²) in [4.78, 5) is 20.4. The Kier molecular flexibility index (Phi) is 3.41. The minimum atomic E-state index is -0.316. The number of hydrogen-bond acceptors (Lipinski definition) is 4. The first-order valence-corrected chi connectivity index (χ1v) is 6.58. The molecule has 0 fully saturated rings. The number of nitrogens with zero attached hydrogens (tertiary/aromatic N) is 2. The molecule has 0 unspecified atom stereocenters. The van der Waals surface area contributed by atoms with Crippen molar-refractivity contribution in [2.24, 2.45) is 0 Å². The molecule has 3 rings (SSSR count). The third-order valence-electron chi connectivity index (χ3n) is 3.06. The average molecular weight is 299 g/mol. The second-order valence-electron chi connectivity index (χ2n) is 4.41. The predicted molar refractivity (Wildman–Crippen MR) is 83.4 cm³/mol. The molecule has 0 bridgehead atoms. The standard InChI is InChI=1S/C15H11ClN4O/c16-11-3-4-13(14-9(11)2-1-6-19-14)20-15(21)10-5-7-18-8-12(10)17/h1-8H,17H2,(H,20,21). The van der Waals surface area contributed by atoms with Gasteiger partial charge in [0.25, 0.3) is 5.91 Å². The molecule has 0 aliphatic rings.